The Balaban J connectivity index is 2.96. The van der Waals surface area contributed by atoms with E-state index >= 15 is 0 Å². The molecule has 1 unspecified atom stereocenters. The maximum absolute atomic E-state index is 12.6. The second kappa shape index (κ2) is 8.04. The SMILES string of the molecule is CCCCOC(=O)CS(=O)c1ccc(C(F)(F)F)cc1[N+](=O)[O-]. The summed E-state index contributed by atoms with van der Waals surface area (Å²) in [4.78, 5) is 20.8. The van der Waals surface area contributed by atoms with E-state index in [1.54, 1.807) is 0 Å². The van der Waals surface area contributed by atoms with Crippen molar-refractivity contribution in [1.29, 1.82) is 0 Å². The van der Waals surface area contributed by atoms with Gasteiger partial charge < -0.3 is 4.74 Å². The van der Waals surface area contributed by atoms with Crippen molar-refractivity contribution in [3.63, 3.8) is 0 Å². The molecule has 1 aromatic carbocycles. The summed E-state index contributed by atoms with van der Waals surface area (Å²) in [6.07, 6.45) is -3.37. The molecule has 0 amide bonds. The van der Waals surface area contributed by atoms with Crippen LogP contribution in [-0.4, -0.2) is 27.5 Å². The van der Waals surface area contributed by atoms with Crippen LogP contribution in [0.1, 0.15) is 25.3 Å². The summed E-state index contributed by atoms with van der Waals surface area (Å²) in [5, 5.41) is 10.9. The van der Waals surface area contributed by atoms with Crippen molar-refractivity contribution in [2.24, 2.45) is 0 Å². The number of nitro benzene ring substituents is 1. The molecule has 0 spiro atoms. The van der Waals surface area contributed by atoms with Crippen molar-refractivity contribution in [3.8, 4) is 0 Å². The molecule has 0 N–H and O–H groups in total. The number of alkyl halides is 3. The number of ether oxygens (including phenoxy) is 1. The van der Waals surface area contributed by atoms with Crippen molar-refractivity contribution in [2.45, 2.75) is 30.8 Å². The van der Waals surface area contributed by atoms with E-state index in [0.29, 0.717) is 18.6 Å². The molecule has 0 heterocycles. The molecule has 1 atom stereocenters. The van der Waals surface area contributed by atoms with Gasteiger partial charge >= 0.3 is 12.1 Å². The quantitative estimate of drug-likeness (QED) is 0.325. The van der Waals surface area contributed by atoms with Crippen LogP contribution in [-0.2, 0) is 26.5 Å². The third-order valence-corrected chi connectivity index (χ3v) is 4.07. The molecule has 6 nitrogen and oxygen atoms in total. The van der Waals surface area contributed by atoms with Crippen LogP contribution in [0.3, 0.4) is 0 Å². The minimum Gasteiger partial charge on any atom is -0.465 e. The molecule has 0 aliphatic heterocycles. The normalized spacial score (nSPS) is 12.7. The number of benzene rings is 1. The molecule has 0 saturated heterocycles. The molecule has 1 rings (SSSR count). The number of carbonyl (C=O) groups is 1. The second-order valence-electron chi connectivity index (χ2n) is 4.50. The van der Waals surface area contributed by atoms with E-state index in [2.05, 4.69) is 0 Å². The number of halogens is 3. The Labute approximate surface area is 132 Å². The molecule has 0 aliphatic carbocycles. The Hall–Kier alpha value is -1.97. The lowest BCUT2D eigenvalue weighted by molar-refractivity contribution is -0.388. The van der Waals surface area contributed by atoms with Gasteiger partial charge in [-0.3, -0.25) is 19.1 Å². The van der Waals surface area contributed by atoms with Gasteiger partial charge in [0.2, 0.25) is 0 Å². The van der Waals surface area contributed by atoms with E-state index < -0.39 is 49.8 Å². The molecule has 0 bridgehead atoms. The summed E-state index contributed by atoms with van der Waals surface area (Å²) >= 11 is 0. The van der Waals surface area contributed by atoms with Gasteiger partial charge in [-0.05, 0) is 18.6 Å². The van der Waals surface area contributed by atoms with Crippen molar-refractivity contribution >= 4 is 22.5 Å². The first-order valence-electron chi connectivity index (χ1n) is 6.56. The molecule has 0 saturated carbocycles. The van der Waals surface area contributed by atoms with E-state index in [-0.39, 0.29) is 6.61 Å². The van der Waals surface area contributed by atoms with Gasteiger partial charge in [0.1, 0.15) is 10.6 Å². The summed E-state index contributed by atoms with van der Waals surface area (Å²) < 4.78 is 54.5. The molecule has 1 aromatic rings. The number of nitrogens with zero attached hydrogens (tertiary/aromatic N) is 1. The molecule has 23 heavy (non-hydrogen) atoms. The van der Waals surface area contributed by atoms with Gasteiger partial charge in [0.05, 0.1) is 27.9 Å². The molecule has 10 heteroatoms. The maximum Gasteiger partial charge on any atom is 0.416 e. The first-order valence-corrected chi connectivity index (χ1v) is 7.88. The van der Waals surface area contributed by atoms with Gasteiger partial charge in [0.25, 0.3) is 5.69 Å². The Morgan fingerprint density at radius 2 is 2.04 bits per heavy atom. The molecule has 0 fully saturated rings. The number of rotatable bonds is 7. The number of hydrogen-bond acceptors (Lipinski definition) is 5. The lowest BCUT2D eigenvalue weighted by atomic mass is 10.2. The Morgan fingerprint density at radius 1 is 1.39 bits per heavy atom. The fourth-order valence-electron chi connectivity index (χ4n) is 1.59. The minimum absolute atomic E-state index is 0.127. The zero-order valence-electron chi connectivity index (χ0n) is 12.1. The van der Waals surface area contributed by atoms with Crippen LogP contribution in [0.25, 0.3) is 0 Å². The van der Waals surface area contributed by atoms with E-state index in [0.717, 1.165) is 12.5 Å². The Bertz CT molecular complexity index is 618. The predicted molar refractivity (Wildman–Crippen MR) is 75.2 cm³/mol. The van der Waals surface area contributed by atoms with E-state index in [1.165, 1.54) is 0 Å². The molecule has 0 aliphatic rings. The highest BCUT2D eigenvalue weighted by Crippen LogP contribution is 2.34. The number of nitro groups is 1. The van der Waals surface area contributed by atoms with Crippen LogP contribution in [0.4, 0.5) is 18.9 Å². The largest absolute Gasteiger partial charge is 0.465 e. The van der Waals surface area contributed by atoms with E-state index in [9.17, 15) is 32.3 Å². The van der Waals surface area contributed by atoms with Crippen LogP contribution >= 0.6 is 0 Å². The summed E-state index contributed by atoms with van der Waals surface area (Å²) in [7, 11) is -2.17. The number of hydrogen-bond donors (Lipinski definition) is 0. The standard InChI is InChI=1S/C13H14F3NO5S/c1-2-3-6-22-12(18)8-23(21)11-5-4-9(13(14,15)16)7-10(11)17(19)20/h4-5,7H,2-3,6,8H2,1H3. The van der Waals surface area contributed by atoms with E-state index in [1.807, 2.05) is 6.92 Å². The third kappa shape index (κ3) is 5.62. The summed E-state index contributed by atoms with van der Waals surface area (Å²) in [5.41, 5.74) is -2.17. The first-order chi connectivity index (χ1) is 10.7. The average Bonchev–Trinajstić information content (AvgIpc) is 2.45. The smallest absolute Gasteiger partial charge is 0.416 e. The molecule has 0 radical (unpaired) electrons. The van der Waals surface area contributed by atoms with Gasteiger partial charge in [-0.15, -0.1) is 0 Å². The molecular formula is C13H14F3NO5S. The van der Waals surface area contributed by atoms with Crippen LogP contribution in [0.15, 0.2) is 23.1 Å². The Morgan fingerprint density at radius 3 is 2.57 bits per heavy atom. The highest BCUT2D eigenvalue weighted by atomic mass is 32.2. The summed E-state index contributed by atoms with van der Waals surface area (Å²) in [5.74, 6) is -1.48. The zero-order valence-corrected chi connectivity index (χ0v) is 12.9. The number of unbranched alkanes of at least 4 members (excludes halogenated alkanes) is 1. The van der Waals surface area contributed by atoms with Crippen molar-refractivity contribution in [3.05, 3.63) is 33.9 Å². The van der Waals surface area contributed by atoms with Crippen molar-refractivity contribution < 1.29 is 31.8 Å². The van der Waals surface area contributed by atoms with Crippen molar-refractivity contribution in [1.82, 2.24) is 0 Å². The molecular weight excluding hydrogens is 339 g/mol. The number of esters is 1. The molecule has 0 aromatic heterocycles. The first kappa shape index (κ1) is 19.1. The fraction of sp³-hybridized carbons (Fsp3) is 0.462. The van der Waals surface area contributed by atoms with Crippen LogP contribution in [0, 0.1) is 10.1 Å². The van der Waals surface area contributed by atoms with Gasteiger partial charge in [-0.2, -0.15) is 13.2 Å². The Kier molecular flexibility index (Phi) is 6.67. The van der Waals surface area contributed by atoms with Crippen LogP contribution in [0.5, 0.6) is 0 Å². The fourth-order valence-corrected chi connectivity index (χ4v) is 2.63. The molecule has 128 valence electrons. The predicted octanol–water partition coefficient (Wildman–Crippen LogP) is 3.06. The third-order valence-electron chi connectivity index (χ3n) is 2.74. The maximum atomic E-state index is 12.6. The monoisotopic (exact) mass is 353 g/mol. The lowest BCUT2D eigenvalue weighted by Crippen LogP contribution is -2.16. The zero-order chi connectivity index (χ0) is 17.6. The average molecular weight is 353 g/mol. The van der Waals surface area contributed by atoms with E-state index in [4.69, 9.17) is 4.74 Å². The summed E-state index contributed by atoms with van der Waals surface area (Å²) in [6, 6.07) is 1.63. The van der Waals surface area contributed by atoms with Crippen molar-refractivity contribution in [2.75, 3.05) is 12.4 Å². The van der Waals surface area contributed by atoms with Crippen LogP contribution in [0.2, 0.25) is 0 Å². The highest BCUT2D eigenvalue weighted by molar-refractivity contribution is 7.85. The highest BCUT2D eigenvalue weighted by Gasteiger charge is 2.34. The topological polar surface area (TPSA) is 86.5 Å². The van der Waals surface area contributed by atoms with Gasteiger partial charge in [-0.25, -0.2) is 0 Å². The van der Waals surface area contributed by atoms with Gasteiger partial charge in [0, 0.05) is 6.07 Å². The second-order valence-corrected chi connectivity index (χ2v) is 5.92. The lowest BCUT2D eigenvalue weighted by Gasteiger charge is -2.09. The summed E-state index contributed by atoms with van der Waals surface area (Å²) in [6.45, 7) is 2.00. The van der Waals surface area contributed by atoms with Gasteiger partial charge in [0.15, 0.2) is 0 Å². The van der Waals surface area contributed by atoms with Crippen LogP contribution < -0.4 is 0 Å². The van der Waals surface area contributed by atoms with Gasteiger partial charge in [-0.1, -0.05) is 13.3 Å². The number of carbonyl (C=O) groups excluding carboxylic acids is 1. The minimum atomic E-state index is -4.76.